The summed E-state index contributed by atoms with van der Waals surface area (Å²) in [5, 5.41) is 3.36. The van der Waals surface area contributed by atoms with Gasteiger partial charge in [0, 0.05) is 17.8 Å². The molecule has 1 N–H and O–H groups in total. The summed E-state index contributed by atoms with van der Waals surface area (Å²) in [4.78, 5) is 8.17. The van der Waals surface area contributed by atoms with Gasteiger partial charge in [0.15, 0.2) is 0 Å². The van der Waals surface area contributed by atoms with Crippen molar-refractivity contribution in [2.24, 2.45) is 5.92 Å². The maximum absolute atomic E-state index is 4.13. The second kappa shape index (κ2) is 2.73. The Morgan fingerprint density at radius 2 is 2.25 bits per heavy atom. The van der Waals surface area contributed by atoms with Crippen molar-refractivity contribution in [3.05, 3.63) is 18.1 Å². The van der Waals surface area contributed by atoms with Gasteiger partial charge >= 0.3 is 0 Å². The molecule has 3 heteroatoms. The van der Waals surface area contributed by atoms with Crippen molar-refractivity contribution in [1.82, 2.24) is 9.97 Å². The summed E-state index contributed by atoms with van der Waals surface area (Å²) in [5.74, 6) is 1.76. The number of aromatic nitrogens is 2. The third-order valence-corrected chi connectivity index (χ3v) is 2.25. The molecule has 64 valence electrons. The van der Waals surface area contributed by atoms with Crippen molar-refractivity contribution in [3.63, 3.8) is 0 Å². The van der Waals surface area contributed by atoms with E-state index in [9.17, 15) is 0 Å². The maximum Gasteiger partial charge on any atom is 0.129 e. The number of anilines is 1. The number of nitrogens with zero attached hydrogens (tertiary/aromatic N) is 2. The molecule has 1 aliphatic carbocycles. The van der Waals surface area contributed by atoms with Crippen LogP contribution in [0.25, 0.3) is 0 Å². The van der Waals surface area contributed by atoms with Gasteiger partial charge in [-0.2, -0.15) is 0 Å². The maximum atomic E-state index is 4.13. The molecule has 0 amide bonds. The van der Waals surface area contributed by atoms with Crippen LogP contribution in [0.15, 0.2) is 12.4 Å². The lowest BCUT2D eigenvalue weighted by molar-refractivity contribution is 0.920. The molecular weight excluding hydrogens is 150 g/mol. The molecule has 1 saturated carbocycles. The summed E-state index contributed by atoms with van der Waals surface area (Å²) in [6, 6.07) is 2.62. The lowest BCUT2D eigenvalue weighted by Gasteiger charge is -2.02. The normalized spacial score (nSPS) is 26.8. The van der Waals surface area contributed by atoms with E-state index in [2.05, 4.69) is 22.2 Å². The quantitative estimate of drug-likeness (QED) is 0.719. The molecule has 2 rings (SSSR count). The number of aryl methyl sites for hydroxylation is 1. The predicted octanol–water partition coefficient (Wildman–Crippen LogP) is 1.61. The van der Waals surface area contributed by atoms with E-state index in [-0.39, 0.29) is 0 Å². The Balaban J connectivity index is 2.03. The Labute approximate surface area is 72.2 Å². The first kappa shape index (κ1) is 7.53. The number of nitrogens with one attached hydrogen (secondary N) is 1. The topological polar surface area (TPSA) is 37.8 Å². The molecular formula is C9H13N3. The molecule has 0 spiro atoms. The number of hydrogen-bond donors (Lipinski definition) is 1. The largest absolute Gasteiger partial charge is 0.367 e. The van der Waals surface area contributed by atoms with E-state index in [4.69, 9.17) is 0 Å². The third-order valence-electron chi connectivity index (χ3n) is 2.25. The fraction of sp³-hybridized carbons (Fsp3) is 0.556. The highest BCUT2D eigenvalue weighted by Crippen LogP contribution is 2.31. The molecule has 1 aromatic heterocycles. The van der Waals surface area contributed by atoms with Gasteiger partial charge in [0.2, 0.25) is 0 Å². The van der Waals surface area contributed by atoms with Crippen LogP contribution in [0.2, 0.25) is 0 Å². The van der Waals surface area contributed by atoms with Gasteiger partial charge in [0.1, 0.15) is 12.1 Å². The van der Waals surface area contributed by atoms with Crippen LogP contribution in [0.4, 0.5) is 5.82 Å². The monoisotopic (exact) mass is 163 g/mol. The zero-order valence-corrected chi connectivity index (χ0v) is 7.41. The second-order valence-electron chi connectivity index (χ2n) is 3.51. The van der Waals surface area contributed by atoms with Crippen molar-refractivity contribution >= 4 is 5.82 Å². The van der Waals surface area contributed by atoms with Crippen LogP contribution in [-0.4, -0.2) is 16.0 Å². The lowest BCUT2D eigenvalue weighted by atomic mass is 10.4. The van der Waals surface area contributed by atoms with Crippen LogP contribution in [0, 0.1) is 12.8 Å². The molecule has 12 heavy (non-hydrogen) atoms. The van der Waals surface area contributed by atoms with Crippen LogP contribution in [-0.2, 0) is 0 Å². The highest BCUT2D eigenvalue weighted by atomic mass is 15.1. The molecule has 1 aliphatic rings. The fourth-order valence-electron chi connectivity index (χ4n) is 1.25. The van der Waals surface area contributed by atoms with Gasteiger partial charge in [-0.05, 0) is 19.3 Å². The summed E-state index contributed by atoms with van der Waals surface area (Å²) in [6.45, 7) is 4.22. The van der Waals surface area contributed by atoms with Gasteiger partial charge in [-0.1, -0.05) is 6.92 Å². The molecule has 0 aromatic carbocycles. The Kier molecular flexibility index (Phi) is 1.71. The van der Waals surface area contributed by atoms with Gasteiger partial charge in [0.25, 0.3) is 0 Å². The lowest BCUT2D eigenvalue weighted by Crippen LogP contribution is -2.05. The molecule has 1 heterocycles. The van der Waals surface area contributed by atoms with E-state index in [1.165, 1.54) is 6.42 Å². The molecule has 0 radical (unpaired) electrons. The van der Waals surface area contributed by atoms with Gasteiger partial charge in [-0.15, -0.1) is 0 Å². The molecule has 0 bridgehead atoms. The third kappa shape index (κ3) is 1.55. The van der Waals surface area contributed by atoms with Crippen LogP contribution in [0.1, 0.15) is 19.0 Å². The molecule has 2 unspecified atom stereocenters. The first-order valence-electron chi connectivity index (χ1n) is 4.31. The number of hydrogen-bond acceptors (Lipinski definition) is 3. The SMILES string of the molecule is Cc1cc(NC2CC2C)ncn1. The molecule has 0 aliphatic heterocycles. The van der Waals surface area contributed by atoms with Gasteiger partial charge in [-0.3, -0.25) is 0 Å². The van der Waals surface area contributed by atoms with Crippen LogP contribution in [0.3, 0.4) is 0 Å². The average Bonchev–Trinajstić information content (AvgIpc) is 2.66. The Morgan fingerprint density at radius 3 is 2.83 bits per heavy atom. The minimum Gasteiger partial charge on any atom is -0.367 e. The highest BCUT2D eigenvalue weighted by molar-refractivity contribution is 5.37. The first-order valence-corrected chi connectivity index (χ1v) is 4.31. The number of rotatable bonds is 2. The minimum absolute atomic E-state index is 0.638. The van der Waals surface area contributed by atoms with Crippen LogP contribution >= 0.6 is 0 Å². The standard InChI is InChI=1S/C9H13N3/c1-6-3-8(6)12-9-4-7(2)10-5-11-9/h4-6,8H,3H2,1-2H3,(H,10,11,12). The van der Waals surface area contributed by atoms with E-state index in [0.29, 0.717) is 6.04 Å². The second-order valence-corrected chi connectivity index (χ2v) is 3.51. The smallest absolute Gasteiger partial charge is 0.129 e. The van der Waals surface area contributed by atoms with Crippen molar-refractivity contribution in [1.29, 1.82) is 0 Å². The van der Waals surface area contributed by atoms with E-state index in [1.807, 2.05) is 13.0 Å². The van der Waals surface area contributed by atoms with E-state index >= 15 is 0 Å². The summed E-state index contributed by atoms with van der Waals surface area (Å²) in [5.41, 5.74) is 1.01. The molecule has 2 atom stereocenters. The van der Waals surface area contributed by atoms with Gasteiger partial charge < -0.3 is 5.32 Å². The Bertz CT molecular complexity index is 285. The molecule has 1 aromatic rings. The zero-order valence-electron chi connectivity index (χ0n) is 7.41. The molecule has 1 fully saturated rings. The summed E-state index contributed by atoms with van der Waals surface area (Å²) >= 11 is 0. The van der Waals surface area contributed by atoms with Crippen molar-refractivity contribution in [2.75, 3.05) is 5.32 Å². The van der Waals surface area contributed by atoms with Crippen LogP contribution < -0.4 is 5.32 Å². The summed E-state index contributed by atoms with van der Waals surface area (Å²) in [6.07, 6.45) is 2.87. The fourth-order valence-corrected chi connectivity index (χ4v) is 1.25. The average molecular weight is 163 g/mol. The highest BCUT2D eigenvalue weighted by Gasteiger charge is 2.32. The predicted molar refractivity (Wildman–Crippen MR) is 48.0 cm³/mol. The van der Waals surface area contributed by atoms with Crippen molar-refractivity contribution < 1.29 is 0 Å². The summed E-state index contributed by atoms with van der Waals surface area (Å²) in [7, 11) is 0. The molecule has 3 nitrogen and oxygen atoms in total. The minimum atomic E-state index is 0.638. The Hall–Kier alpha value is -1.12. The van der Waals surface area contributed by atoms with Crippen LogP contribution in [0.5, 0.6) is 0 Å². The summed E-state index contributed by atoms with van der Waals surface area (Å²) < 4.78 is 0. The van der Waals surface area contributed by atoms with E-state index in [1.54, 1.807) is 6.33 Å². The van der Waals surface area contributed by atoms with Crippen molar-refractivity contribution in [2.45, 2.75) is 26.3 Å². The van der Waals surface area contributed by atoms with E-state index in [0.717, 1.165) is 17.4 Å². The molecule has 0 saturated heterocycles. The zero-order chi connectivity index (χ0) is 8.55. The van der Waals surface area contributed by atoms with Gasteiger partial charge in [0.05, 0.1) is 0 Å². The Morgan fingerprint density at radius 1 is 1.50 bits per heavy atom. The van der Waals surface area contributed by atoms with E-state index < -0.39 is 0 Å². The first-order chi connectivity index (χ1) is 5.75. The van der Waals surface area contributed by atoms with Crippen molar-refractivity contribution in [3.8, 4) is 0 Å². The van der Waals surface area contributed by atoms with Gasteiger partial charge in [-0.25, -0.2) is 9.97 Å².